The van der Waals surface area contributed by atoms with E-state index in [0.29, 0.717) is 4.47 Å². The van der Waals surface area contributed by atoms with E-state index in [1.165, 1.54) is 17.7 Å². The molecule has 4 nitrogen and oxygen atoms in total. The maximum atomic E-state index is 10.8. The molecule has 0 bridgehead atoms. The van der Waals surface area contributed by atoms with E-state index >= 15 is 0 Å². The second-order valence-electron chi connectivity index (χ2n) is 4.58. The van der Waals surface area contributed by atoms with Crippen LogP contribution in [0.4, 0.5) is 11.4 Å². The average molecular weight is 414 g/mol. The lowest BCUT2D eigenvalue weighted by Gasteiger charge is -2.19. The first-order valence-electron chi connectivity index (χ1n) is 6.47. The van der Waals surface area contributed by atoms with Gasteiger partial charge in [-0.3, -0.25) is 10.1 Å². The molecule has 0 amide bonds. The van der Waals surface area contributed by atoms with Gasteiger partial charge in [0.1, 0.15) is 0 Å². The minimum atomic E-state index is -0.402. The van der Waals surface area contributed by atoms with Gasteiger partial charge in [0, 0.05) is 26.8 Å². The van der Waals surface area contributed by atoms with Crippen molar-refractivity contribution in [1.29, 1.82) is 0 Å². The molecule has 21 heavy (non-hydrogen) atoms. The van der Waals surface area contributed by atoms with Gasteiger partial charge in [0.05, 0.1) is 11.0 Å². The molecule has 0 fully saturated rings. The number of nitro benzene ring substituents is 1. The molecule has 0 radical (unpaired) electrons. The summed E-state index contributed by atoms with van der Waals surface area (Å²) in [6, 6.07) is 13.0. The third kappa shape index (κ3) is 4.04. The van der Waals surface area contributed by atoms with Gasteiger partial charge in [-0.2, -0.15) is 0 Å². The minimum Gasteiger partial charge on any atom is -0.377 e. The van der Waals surface area contributed by atoms with Crippen LogP contribution >= 0.6 is 31.9 Å². The summed E-state index contributed by atoms with van der Waals surface area (Å²) in [6.07, 6.45) is 0.908. The van der Waals surface area contributed by atoms with Gasteiger partial charge in [0.25, 0.3) is 5.69 Å². The Bertz CT molecular complexity index is 645. The summed E-state index contributed by atoms with van der Waals surface area (Å²) in [7, 11) is 0. The second kappa shape index (κ2) is 7.04. The van der Waals surface area contributed by atoms with Gasteiger partial charge < -0.3 is 5.32 Å². The molecule has 0 aliphatic heterocycles. The van der Waals surface area contributed by atoms with Gasteiger partial charge in [-0.25, -0.2) is 0 Å². The van der Waals surface area contributed by atoms with Gasteiger partial charge in [0.15, 0.2) is 0 Å². The Morgan fingerprint density at radius 1 is 1.19 bits per heavy atom. The highest BCUT2D eigenvalue weighted by molar-refractivity contribution is 9.10. The molecule has 0 aliphatic rings. The maximum absolute atomic E-state index is 10.8. The van der Waals surface area contributed by atoms with E-state index in [1.807, 2.05) is 12.1 Å². The number of hydrogen-bond acceptors (Lipinski definition) is 3. The molecule has 0 heterocycles. The van der Waals surface area contributed by atoms with E-state index in [-0.39, 0.29) is 11.7 Å². The Morgan fingerprint density at radius 2 is 1.86 bits per heavy atom. The minimum absolute atomic E-state index is 0.0733. The first-order chi connectivity index (χ1) is 10.0. The normalized spacial score (nSPS) is 12.0. The summed E-state index contributed by atoms with van der Waals surface area (Å²) in [5, 5.41) is 14.2. The van der Waals surface area contributed by atoms with Crippen LogP contribution in [0.1, 0.15) is 24.9 Å². The lowest BCUT2D eigenvalue weighted by Crippen LogP contribution is -2.10. The van der Waals surface area contributed by atoms with Crippen LogP contribution in [-0.2, 0) is 0 Å². The summed E-state index contributed by atoms with van der Waals surface area (Å²) in [4.78, 5) is 10.4. The molecule has 0 aromatic heterocycles. The van der Waals surface area contributed by atoms with Gasteiger partial charge in [-0.15, -0.1) is 0 Å². The summed E-state index contributed by atoms with van der Waals surface area (Å²) in [5.41, 5.74) is 2.09. The van der Waals surface area contributed by atoms with Crippen molar-refractivity contribution in [3.05, 3.63) is 67.1 Å². The first-order valence-corrected chi connectivity index (χ1v) is 8.05. The standard InChI is InChI=1S/C15H14Br2N2O2/c1-2-14(10-3-5-11(16)6-4-10)18-15-8-7-12(19(20)21)9-13(15)17/h3-9,14,18H,2H2,1H3. The first kappa shape index (κ1) is 16.0. The SMILES string of the molecule is CCC(Nc1ccc([N+](=O)[O-])cc1Br)c1ccc(Br)cc1. The highest BCUT2D eigenvalue weighted by Gasteiger charge is 2.13. The molecule has 6 heteroatoms. The zero-order valence-corrected chi connectivity index (χ0v) is 14.5. The molecule has 0 aliphatic carbocycles. The molecular formula is C15H14Br2N2O2. The van der Waals surface area contributed by atoms with Crippen LogP contribution in [0.2, 0.25) is 0 Å². The van der Waals surface area contributed by atoms with Gasteiger partial charge in [0.2, 0.25) is 0 Å². The van der Waals surface area contributed by atoms with Gasteiger partial charge in [-0.1, -0.05) is 35.0 Å². The van der Waals surface area contributed by atoms with E-state index < -0.39 is 4.92 Å². The number of halogens is 2. The Labute approximate surface area is 140 Å². The number of benzene rings is 2. The number of rotatable bonds is 5. The van der Waals surface area contributed by atoms with Crippen molar-refractivity contribution < 1.29 is 4.92 Å². The van der Waals surface area contributed by atoms with Crippen LogP contribution in [0.3, 0.4) is 0 Å². The number of nitrogens with one attached hydrogen (secondary N) is 1. The third-order valence-electron chi connectivity index (χ3n) is 3.17. The molecule has 0 spiro atoms. The molecule has 0 saturated carbocycles. The van der Waals surface area contributed by atoms with Crippen molar-refractivity contribution in [2.24, 2.45) is 0 Å². The summed E-state index contributed by atoms with van der Waals surface area (Å²) in [6.45, 7) is 2.10. The number of nitrogens with zero attached hydrogens (tertiary/aromatic N) is 1. The summed E-state index contributed by atoms with van der Waals surface area (Å²) < 4.78 is 1.73. The van der Waals surface area contributed by atoms with Crippen molar-refractivity contribution in [2.75, 3.05) is 5.32 Å². The Morgan fingerprint density at radius 3 is 2.38 bits per heavy atom. The van der Waals surface area contributed by atoms with Crippen molar-refractivity contribution >= 4 is 43.2 Å². The second-order valence-corrected chi connectivity index (χ2v) is 6.35. The largest absolute Gasteiger partial charge is 0.377 e. The van der Waals surface area contributed by atoms with E-state index in [0.717, 1.165) is 16.6 Å². The Balaban J connectivity index is 2.22. The summed E-state index contributed by atoms with van der Waals surface area (Å²) in [5.74, 6) is 0. The maximum Gasteiger partial charge on any atom is 0.270 e. The molecule has 110 valence electrons. The third-order valence-corrected chi connectivity index (χ3v) is 4.36. The fraction of sp³-hybridized carbons (Fsp3) is 0.200. The summed E-state index contributed by atoms with van der Waals surface area (Å²) >= 11 is 6.81. The topological polar surface area (TPSA) is 55.2 Å². The highest BCUT2D eigenvalue weighted by Crippen LogP contribution is 2.31. The molecule has 0 saturated heterocycles. The smallest absolute Gasteiger partial charge is 0.270 e. The Hall–Kier alpha value is -1.40. The van der Waals surface area contributed by atoms with E-state index in [2.05, 4.69) is 56.2 Å². The van der Waals surface area contributed by atoms with Crippen LogP contribution in [-0.4, -0.2) is 4.92 Å². The zero-order valence-electron chi connectivity index (χ0n) is 11.3. The number of hydrogen-bond donors (Lipinski definition) is 1. The molecule has 2 aromatic carbocycles. The number of nitro groups is 1. The quantitative estimate of drug-likeness (QED) is 0.506. The lowest BCUT2D eigenvalue weighted by molar-refractivity contribution is -0.384. The average Bonchev–Trinajstić information content (AvgIpc) is 2.47. The highest BCUT2D eigenvalue weighted by atomic mass is 79.9. The molecule has 1 unspecified atom stereocenters. The number of non-ortho nitro benzene ring substituents is 1. The van der Waals surface area contributed by atoms with Crippen LogP contribution in [0.15, 0.2) is 51.4 Å². The predicted octanol–water partition coefficient (Wildman–Crippen LogP) is 5.68. The molecule has 1 N–H and O–H groups in total. The van der Waals surface area contributed by atoms with Crippen molar-refractivity contribution in [2.45, 2.75) is 19.4 Å². The fourth-order valence-electron chi connectivity index (χ4n) is 2.04. The van der Waals surface area contributed by atoms with Crippen molar-refractivity contribution in [3.63, 3.8) is 0 Å². The van der Waals surface area contributed by atoms with Crippen molar-refractivity contribution in [1.82, 2.24) is 0 Å². The molecule has 1 atom stereocenters. The van der Waals surface area contributed by atoms with E-state index in [4.69, 9.17) is 0 Å². The fourth-order valence-corrected chi connectivity index (χ4v) is 2.78. The lowest BCUT2D eigenvalue weighted by atomic mass is 10.0. The van der Waals surface area contributed by atoms with Crippen LogP contribution in [0.25, 0.3) is 0 Å². The van der Waals surface area contributed by atoms with Crippen molar-refractivity contribution in [3.8, 4) is 0 Å². The van der Waals surface area contributed by atoms with Crippen LogP contribution in [0.5, 0.6) is 0 Å². The number of anilines is 1. The van der Waals surface area contributed by atoms with Crippen LogP contribution < -0.4 is 5.32 Å². The van der Waals surface area contributed by atoms with Gasteiger partial charge in [-0.05, 0) is 46.1 Å². The molecule has 2 rings (SSSR count). The van der Waals surface area contributed by atoms with Gasteiger partial charge >= 0.3 is 0 Å². The monoisotopic (exact) mass is 412 g/mol. The molecular weight excluding hydrogens is 400 g/mol. The zero-order chi connectivity index (χ0) is 15.4. The predicted molar refractivity (Wildman–Crippen MR) is 91.6 cm³/mol. The van der Waals surface area contributed by atoms with E-state index in [9.17, 15) is 10.1 Å². The van der Waals surface area contributed by atoms with Crippen LogP contribution in [0, 0.1) is 10.1 Å². The molecule has 2 aromatic rings. The van der Waals surface area contributed by atoms with E-state index in [1.54, 1.807) is 6.07 Å². The Kier molecular flexibility index (Phi) is 5.36.